The van der Waals surface area contributed by atoms with E-state index in [2.05, 4.69) is 26.7 Å². The molecule has 0 bridgehead atoms. The highest BCUT2D eigenvalue weighted by Crippen LogP contribution is 2.44. The number of aryl methyl sites for hydroxylation is 1. The number of nitrogen functional groups attached to an aromatic ring is 2. The van der Waals surface area contributed by atoms with Gasteiger partial charge in [0.1, 0.15) is 5.82 Å². The Morgan fingerprint density at radius 2 is 1.69 bits per heavy atom. The van der Waals surface area contributed by atoms with Crippen molar-refractivity contribution in [3.63, 3.8) is 0 Å². The molecule has 3 aromatic heterocycles. The summed E-state index contributed by atoms with van der Waals surface area (Å²) >= 11 is 1.77. The second-order valence-electron chi connectivity index (χ2n) is 8.61. The Labute approximate surface area is 219 Å². The number of thiophene rings is 1. The third-order valence-corrected chi connectivity index (χ3v) is 8.87. The lowest BCUT2D eigenvalue weighted by molar-refractivity contribution is 0.122. The summed E-state index contributed by atoms with van der Waals surface area (Å²) in [4.78, 5) is 19.3. The van der Waals surface area contributed by atoms with Gasteiger partial charge in [0, 0.05) is 80.3 Å². The number of fused-ring (bicyclic) bond motifs is 1. The van der Waals surface area contributed by atoms with Crippen molar-refractivity contribution in [1.29, 1.82) is 0 Å². The van der Waals surface area contributed by atoms with Gasteiger partial charge < -0.3 is 21.1 Å². The predicted octanol–water partition coefficient (Wildman–Crippen LogP) is 2.50. The quantitative estimate of drug-likeness (QED) is 0.509. The van der Waals surface area contributed by atoms with Gasteiger partial charge >= 0.3 is 0 Å². The van der Waals surface area contributed by atoms with Crippen LogP contribution in [-0.2, 0) is 22.3 Å². The fourth-order valence-corrected chi connectivity index (χ4v) is 6.60. The first-order chi connectivity index (χ1) is 17.4. The lowest BCUT2D eigenvalue weighted by atomic mass is 10.1. The van der Waals surface area contributed by atoms with E-state index in [0.717, 1.165) is 67.3 Å². The number of hydrogen-bond donors (Lipinski definition) is 2. The van der Waals surface area contributed by atoms with Crippen molar-refractivity contribution in [3.8, 4) is 11.3 Å². The Morgan fingerprint density at radius 3 is 2.31 bits per heavy atom. The van der Waals surface area contributed by atoms with E-state index in [1.54, 1.807) is 30.0 Å². The highest BCUT2D eigenvalue weighted by molar-refractivity contribution is 7.81. The molecule has 0 spiro atoms. The van der Waals surface area contributed by atoms with Gasteiger partial charge in [0.2, 0.25) is 5.95 Å². The topological polar surface area (TPSA) is 127 Å². The summed E-state index contributed by atoms with van der Waals surface area (Å²) in [5.41, 5.74) is 15.7. The molecule has 10 nitrogen and oxygen atoms in total. The van der Waals surface area contributed by atoms with Crippen molar-refractivity contribution in [3.05, 3.63) is 22.8 Å². The standard InChI is InChI=1S/C22H30N8O2S2.C2H6/c1-14-16(13-28-3-5-30(6-4-28)34(2)31)33-20-17(14)18(23)19(15-11-25-22(24)26-12-15)27-21(20)29-7-9-32-10-8-29;1-2/h11-12H,3-10,13,23H2,1-2H3,(H2,24,25,26);1-2H3. The van der Waals surface area contributed by atoms with Gasteiger partial charge in [-0.1, -0.05) is 13.8 Å². The van der Waals surface area contributed by atoms with Crippen LogP contribution in [0.2, 0.25) is 0 Å². The van der Waals surface area contributed by atoms with Gasteiger partial charge in [-0.15, -0.1) is 11.3 Å². The lowest BCUT2D eigenvalue weighted by Crippen LogP contribution is -2.46. The van der Waals surface area contributed by atoms with E-state index in [4.69, 9.17) is 21.2 Å². The molecular formula is C24H36N8O2S2. The first-order valence-electron chi connectivity index (χ1n) is 12.3. The van der Waals surface area contributed by atoms with Crippen molar-refractivity contribution in [1.82, 2.24) is 24.2 Å². The maximum atomic E-state index is 11.8. The summed E-state index contributed by atoms with van der Waals surface area (Å²) in [7, 11) is -0.911. The zero-order valence-corrected chi connectivity index (χ0v) is 23.1. The van der Waals surface area contributed by atoms with Gasteiger partial charge in [0.25, 0.3) is 0 Å². The number of nitrogens with two attached hydrogens (primary N) is 2. The number of nitrogens with zero attached hydrogens (tertiary/aromatic N) is 6. The van der Waals surface area contributed by atoms with Crippen LogP contribution in [0.4, 0.5) is 17.5 Å². The first-order valence-corrected chi connectivity index (χ1v) is 14.7. The molecule has 2 saturated heterocycles. The minimum absolute atomic E-state index is 0.220. The van der Waals surface area contributed by atoms with E-state index in [1.807, 2.05) is 18.2 Å². The van der Waals surface area contributed by atoms with E-state index in [1.165, 1.54) is 10.4 Å². The van der Waals surface area contributed by atoms with E-state index in [-0.39, 0.29) is 5.95 Å². The maximum absolute atomic E-state index is 11.8. The summed E-state index contributed by atoms with van der Waals surface area (Å²) in [6.07, 6.45) is 5.10. The van der Waals surface area contributed by atoms with Crippen molar-refractivity contribution in [2.75, 3.05) is 75.1 Å². The van der Waals surface area contributed by atoms with Crippen LogP contribution in [0, 0.1) is 6.92 Å². The molecule has 0 amide bonds. The molecule has 0 aliphatic carbocycles. The maximum Gasteiger partial charge on any atom is 0.219 e. The molecule has 3 aromatic rings. The molecule has 0 radical (unpaired) electrons. The Kier molecular flexibility index (Phi) is 8.73. The van der Waals surface area contributed by atoms with Gasteiger partial charge in [0.05, 0.1) is 40.3 Å². The van der Waals surface area contributed by atoms with Crippen molar-refractivity contribution < 1.29 is 8.95 Å². The average Bonchev–Trinajstić information content (AvgIpc) is 3.23. The van der Waals surface area contributed by atoms with Crippen LogP contribution in [0.3, 0.4) is 0 Å². The van der Waals surface area contributed by atoms with E-state index in [9.17, 15) is 4.21 Å². The number of pyridine rings is 1. The van der Waals surface area contributed by atoms with Crippen molar-refractivity contribution in [2.45, 2.75) is 27.3 Å². The Hall–Kier alpha value is -2.38. The summed E-state index contributed by atoms with van der Waals surface area (Å²) in [5, 5.41) is 1.05. The highest BCUT2D eigenvalue weighted by Gasteiger charge is 2.26. The fourth-order valence-electron chi connectivity index (χ4n) is 4.55. The van der Waals surface area contributed by atoms with Gasteiger partial charge in [-0.3, -0.25) is 4.90 Å². The lowest BCUT2D eigenvalue weighted by Gasteiger charge is -2.32. The van der Waals surface area contributed by atoms with Gasteiger partial charge in [-0.25, -0.2) is 23.5 Å². The minimum atomic E-state index is -0.911. The molecule has 2 aliphatic rings. The zero-order valence-electron chi connectivity index (χ0n) is 21.5. The first kappa shape index (κ1) is 26.7. The molecule has 196 valence electrons. The molecule has 2 fully saturated rings. The minimum Gasteiger partial charge on any atom is -0.396 e. The van der Waals surface area contributed by atoms with Gasteiger partial charge in [-0.05, 0) is 12.5 Å². The zero-order chi connectivity index (χ0) is 25.8. The third-order valence-electron chi connectivity index (χ3n) is 6.51. The Morgan fingerprint density at radius 1 is 1.06 bits per heavy atom. The Balaban J connectivity index is 0.00000148. The molecule has 2 aliphatic heterocycles. The van der Waals surface area contributed by atoms with E-state index in [0.29, 0.717) is 24.6 Å². The molecule has 0 aromatic carbocycles. The molecule has 1 atom stereocenters. The summed E-state index contributed by atoms with van der Waals surface area (Å²) in [6, 6.07) is 0. The number of ether oxygens (including phenoxy) is 1. The van der Waals surface area contributed by atoms with E-state index >= 15 is 0 Å². The molecule has 5 heterocycles. The molecule has 12 heteroatoms. The molecule has 1 unspecified atom stereocenters. The van der Waals surface area contributed by atoms with Gasteiger partial charge in [-0.2, -0.15) is 0 Å². The molecular weight excluding hydrogens is 496 g/mol. The SMILES string of the molecule is CC.Cc1c(CN2CCN(S(C)=O)CC2)sc2c(N3CCOCC3)nc(-c3cnc(N)nc3)c(N)c12. The molecule has 4 N–H and O–H groups in total. The average molecular weight is 533 g/mol. The summed E-state index contributed by atoms with van der Waals surface area (Å²) in [5.74, 6) is 1.16. The van der Waals surface area contributed by atoms with Crippen LogP contribution in [0.1, 0.15) is 24.3 Å². The van der Waals surface area contributed by atoms with Crippen LogP contribution >= 0.6 is 11.3 Å². The van der Waals surface area contributed by atoms with Crippen LogP contribution in [0.5, 0.6) is 0 Å². The van der Waals surface area contributed by atoms with Crippen LogP contribution in [0.15, 0.2) is 12.4 Å². The second-order valence-corrected chi connectivity index (χ2v) is 11.1. The number of piperazine rings is 1. The highest BCUT2D eigenvalue weighted by atomic mass is 32.2. The van der Waals surface area contributed by atoms with Crippen LogP contribution in [0.25, 0.3) is 21.3 Å². The number of anilines is 3. The van der Waals surface area contributed by atoms with Crippen molar-refractivity contribution >= 4 is 49.9 Å². The molecule has 36 heavy (non-hydrogen) atoms. The Bertz CT molecular complexity index is 1200. The largest absolute Gasteiger partial charge is 0.396 e. The third kappa shape index (κ3) is 5.47. The molecule has 5 rings (SSSR count). The summed E-state index contributed by atoms with van der Waals surface area (Å²) < 4.78 is 20.5. The fraction of sp³-hybridized carbons (Fsp3) is 0.542. The van der Waals surface area contributed by atoms with Crippen LogP contribution < -0.4 is 16.4 Å². The van der Waals surface area contributed by atoms with E-state index < -0.39 is 11.0 Å². The second kappa shape index (κ2) is 11.8. The molecule has 0 saturated carbocycles. The number of hydrogen-bond acceptors (Lipinski definition) is 10. The number of rotatable bonds is 5. The predicted molar refractivity (Wildman–Crippen MR) is 150 cm³/mol. The van der Waals surface area contributed by atoms with Crippen molar-refractivity contribution in [2.24, 2.45) is 0 Å². The van der Waals surface area contributed by atoms with Crippen LogP contribution in [-0.4, -0.2) is 87.1 Å². The smallest absolute Gasteiger partial charge is 0.219 e. The normalized spacial score (nSPS) is 18.2. The summed E-state index contributed by atoms with van der Waals surface area (Å²) in [6.45, 7) is 13.3. The number of morpholine rings is 1. The number of aromatic nitrogens is 3. The monoisotopic (exact) mass is 532 g/mol. The van der Waals surface area contributed by atoms with Gasteiger partial charge in [0.15, 0.2) is 0 Å².